The van der Waals surface area contributed by atoms with E-state index >= 15 is 0 Å². The smallest absolute Gasteiger partial charge is 0.235 e. The third kappa shape index (κ3) is 6.73. The predicted octanol–water partition coefficient (Wildman–Crippen LogP) is 22.1. The van der Waals surface area contributed by atoms with E-state index in [4.69, 9.17) is 19.9 Å². The zero-order chi connectivity index (χ0) is 59.9. The van der Waals surface area contributed by atoms with E-state index in [1.807, 2.05) is 0 Å². The molecule has 92 heavy (non-hydrogen) atoms. The van der Waals surface area contributed by atoms with E-state index in [9.17, 15) is 0 Å². The van der Waals surface area contributed by atoms with Gasteiger partial charge in [0.1, 0.15) is 0 Å². The molecular formula is C84H48N8. The highest BCUT2D eigenvalue weighted by Gasteiger charge is 2.32. The minimum atomic E-state index is 0.639. The highest BCUT2D eigenvalue weighted by molar-refractivity contribution is 6.33. The minimum Gasteiger partial charge on any atom is -0.309 e. The number of fused-ring (bicyclic) bond motifs is 21. The molecule has 0 radical (unpaired) electrons. The lowest BCUT2D eigenvalue weighted by atomic mass is 9.90. The van der Waals surface area contributed by atoms with Crippen LogP contribution in [0.1, 0.15) is 0 Å². The van der Waals surface area contributed by atoms with Crippen LogP contribution in [0.15, 0.2) is 291 Å². The average molecular weight is 1170 g/mol. The van der Waals surface area contributed by atoms with Gasteiger partial charge in [-0.25, -0.2) is 19.9 Å². The monoisotopic (exact) mass is 1170 g/mol. The van der Waals surface area contributed by atoms with Gasteiger partial charge in [-0.2, -0.15) is 0 Å². The molecule has 0 saturated carbocycles. The van der Waals surface area contributed by atoms with Crippen molar-refractivity contribution in [3.05, 3.63) is 291 Å². The first-order chi connectivity index (χ1) is 45.7. The van der Waals surface area contributed by atoms with Crippen LogP contribution in [0.4, 0.5) is 34.1 Å². The Hall–Kier alpha value is -12.5. The fourth-order valence-electron chi connectivity index (χ4n) is 15.9. The van der Waals surface area contributed by atoms with Gasteiger partial charge in [0.2, 0.25) is 11.9 Å². The van der Waals surface area contributed by atoms with E-state index in [0.29, 0.717) is 11.9 Å². The van der Waals surface area contributed by atoms with Gasteiger partial charge in [0, 0.05) is 49.4 Å². The first kappa shape index (κ1) is 49.5. The van der Waals surface area contributed by atoms with Gasteiger partial charge in [-0.15, -0.1) is 0 Å². The van der Waals surface area contributed by atoms with Gasteiger partial charge in [0.15, 0.2) is 0 Å². The van der Waals surface area contributed by atoms with Crippen molar-refractivity contribution in [2.45, 2.75) is 0 Å². The molecule has 8 heteroatoms. The summed E-state index contributed by atoms with van der Waals surface area (Å²) in [4.78, 5) is 27.0. The summed E-state index contributed by atoms with van der Waals surface area (Å²) < 4.78 is 4.62. The summed E-state index contributed by atoms with van der Waals surface area (Å²) in [5, 5.41) is 18.6. The molecule has 0 fully saturated rings. The van der Waals surface area contributed by atoms with Gasteiger partial charge in [-0.05, 0) is 157 Å². The molecule has 0 bridgehead atoms. The van der Waals surface area contributed by atoms with Gasteiger partial charge in [-0.1, -0.05) is 194 Å². The van der Waals surface area contributed by atoms with E-state index in [0.717, 1.165) is 133 Å². The maximum atomic E-state index is 5.68. The summed E-state index contributed by atoms with van der Waals surface area (Å²) in [5.41, 5.74) is 18.8. The van der Waals surface area contributed by atoms with Crippen molar-refractivity contribution in [1.82, 2.24) is 29.1 Å². The number of hydrogen-bond donors (Lipinski definition) is 0. The third-order valence-electron chi connectivity index (χ3n) is 19.7. The molecule has 0 spiro atoms. The highest BCUT2D eigenvalue weighted by Crippen LogP contribution is 2.53. The standard InChI is InChI=1S/C84H48N8/c1-3-21-51(22-4-1)89-72-37-17-13-31-61(72)80-78-68(33-19-39-74(78)89)85-83(87-80)91-70-35-15-11-28-57(70)67-47-65-54-26-8-7-25-53(54)63-45-49(41-43-56(63)66(65)48-76(67)91)50-42-44-59-64(46-50)55-27-9-10-29-58(55)77-60-30-12-16-36-71(60)92(82(59)77)84-86-69-34-20-40-75-79(69)81(88-84)62-32-14-18-38-73(62)90(75)52-23-5-2-6-24-52/h1-48H. The van der Waals surface area contributed by atoms with E-state index in [2.05, 4.69) is 310 Å². The zero-order valence-corrected chi connectivity index (χ0v) is 49.3. The molecule has 15 aromatic carbocycles. The van der Waals surface area contributed by atoms with Crippen molar-refractivity contribution in [2.75, 3.05) is 9.80 Å². The maximum absolute atomic E-state index is 5.68. The molecule has 0 amide bonds. The minimum absolute atomic E-state index is 0.639. The number of rotatable bonds is 5. The van der Waals surface area contributed by atoms with Crippen LogP contribution in [0, 0.1) is 0 Å². The maximum Gasteiger partial charge on any atom is 0.235 e. The summed E-state index contributed by atoms with van der Waals surface area (Å²) >= 11 is 0. The molecule has 19 aromatic rings. The van der Waals surface area contributed by atoms with E-state index in [-0.39, 0.29) is 0 Å². The Kier molecular flexibility index (Phi) is 9.96. The summed E-state index contributed by atoms with van der Waals surface area (Å²) in [5.74, 6) is 1.28. The van der Waals surface area contributed by atoms with Gasteiger partial charge in [-0.3, -0.25) is 9.13 Å². The lowest BCUT2D eigenvalue weighted by Gasteiger charge is -2.32. The van der Waals surface area contributed by atoms with Crippen molar-refractivity contribution >= 4 is 153 Å². The van der Waals surface area contributed by atoms with Crippen molar-refractivity contribution in [3.8, 4) is 45.5 Å². The van der Waals surface area contributed by atoms with Crippen molar-refractivity contribution in [2.24, 2.45) is 0 Å². The Morgan fingerprint density at radius 2 is 0.652 bits per heavy atom. The highest BCUT2D eigenvalue weighted by atomic mass is 15.2. The van der Waals surface area contributed by atoms with Crippen LogP contribution in [0.25, 0.3) is 165 Å². The molecule has 6 heterocycles. The van der Waals surface area contributed by atoms with E-state index < -0.39 is 0 Å². The van der Waals surface area contributed by atoms with Crippen LogP contribution in [-0.2, 0) is 0 Å². The van der Waals surface area contributed by atoms with Crippen molar-refractivity contribution in [3.63, 3.8) is 0 Å². The Balaban J connectivity index is 0.763. The summed E-state index contributed by atoms with van der Waals surface area (Å²) in [6.45, 7) is 0. The van der Waals surface area contributed by atoms with Gasteiger partial charge < -0.3 is 9.80 Å². The van der Waals surface area contributed by atoms with Gasteiger partial charge in [0.25, 0.3) is 0 Å². The van der Waals surface area contributed by atoms with E-state index in [1.165, 1.54) is 53.9 Å². The molecule has 0 N–H and O–H groups in total. The van der Waals surface area contributed by atoms with Crippen LogP contribution < -0.4 is 9.80 Å². The number of hydrogen-bond acceptors (Lipinski definition) is 6. The van der Waals surface area contributed by atoms with Crippen LogP contribution in [-0.4, -0.2) is 29.1 Å². The molecule has 21 rings (SSSR count). The van der Waals surface area contributed by atoms with Crippen LogP contribution >= 0.6 is 0 Å². The molecule has 0 saturated heterocycles. The summed E-state index contributed by atoms with van der Waals surface area (Å²) in [7, 11) is 0. The van der Waals surface area contributed by atoms with Gasteiger partial charge >= 0.3 is 0 Å². The Morgan fingerprint density at radius 3 is 1.25 bits per heavy atom. The molecule has 0 aliphatic carbocycles. The summed E-state index contributed by atoms with van der Waals surface area (Å²) in [6.07, 6.45) is 0. The normalized spacial score (nSPS) is 12.7. The Morgan fingerprint density at radius 1 is 0.228 bits per heavy atom. The fourth-order valence-corrected chi connectivity index (χ4v) is 15.9. The van der Waals surface area contributed by atoms with Crippen molar-refractivity contribution in [1.29, 1.82) is 0 Å². The second kappa shape index (κ2) is 18.5. The zero-order valence-electron chi connectivity index (χ0n) is 49.3. The number of nitrogens with zero attached hydrogens (tertiary/aromatic N) is 8. The molecule has 4 aromatic heterocycles. The fraction of sp³-hybridized carbons (Fsp3) is 0. The third-order valence-corrected chi connectivity index (χ3v) is 19.7. The van der Waals surface area contributed by atoms with Crippen LogP contribution in [0.3, 0.4) is 0 Å². The quantitative estimate of drug-likeness (QED) is 0.160. The second-order valence-corrected chi connectivity index (χ2v) is 24.4. The predicted molar refractivity (Wildman–Crippen MR) is 382 cm³/mol. The molecule has 2 aliphatic heterocycles. The number of benzene rings is 15. The SMILES string of the molecule is c1ccc(N2c3ccccc3-c3nc(-n4c5ccccc5c5cc6c7ccccc7c7cc(-c8ccc9c(c8)c8ccccc8c8c%10ccccc%10n(-c%10nc%11c%12c(cccc%12n%10)N(c%10ccccc%10)c%10ccccc%10-%11)c98)ccc7c6cc54)nc4cccc2c34)cc1. The molecule has 0 unspecified atom stereocenters. The number of para-hydroxylation sites is 6. The first-order valence-corrected chi connectivity index (χ1v) is 31.4. The molecule has 424 valence electrons. The summed E-state index contributed by atoms with van der Waals surface area (Å²) in [6, 6.07) is 106. The van der Waals surface area contributed by atoms with E-state index in [1.54, 1.807) is 0 Å². The lowest BCUT2D eigenvalue weighted by Crippen LogP contribution is -2.16. The number of anilines is 6. The topological polar surface area (TPSA) is 67.9 Å². The Bertz CT molecular complexity index is 6470. The first-order valence-electron chi connectivity index (χ1n) is 31.4. The molecule has 8 nitrogen and oxygen atoms in total. The molecule has 0 atom stereocenters. The van der Waals surface area contributed by atoms with Crippen LogP contribution in [0.5, 0.6) is 0 Å². The van der Waals surface area contributed by atoms with Crippen LogP contribution in [0.2, 0.25) is 0 Å². The molecular weight excluding hydrogens is 1120 g/mol. The van der Waals surface area contributed by atoms with Gasteiger partial charge in [0.05, 0.1) is 78.0 Å². The largest absolute Gasteiger partial charge is 0.309 e. The second-order valence-electron chi connectivity index (χ2n) is 24.4. The average Bonchev–Trinajstić information content (AvgIpc) is 1.41. The number of aromatic nitrogens is 6. The lowest BCUT2D eigenvalue weighted by molar-refractivity contribution is 1.01. The van der Waals surface area contributed by atoms with Crippen molar-refractivity contribution < 1.29 is 0 Å². The molecule has 2 aliphatic rings. The Labute approximate surface area is 526 Å².